The third-order valence-electron chi connectivity index (χ3n) is 10.2. The van der Waals surface area contributed by atoms with Gasteiger partial charge in [0.25, 0.3) is 0 Å². The number of amides is 2. The molecule has 2 amide bonds. The summed E-state index contributed by atoms with van der Waals surface area (Å²) in [7, 11) is 0. The smallest absolute Gasteiger partial charge is 0.338 e. The second kappa shape index (κ2) is 22.0. The first-order valence-corrected chi connectivity index (χ1v) is 19.7. The number of nitrogens with one attached hydrogen (secondary N) is 2. The molecule has 2 fully saturated rings. The second-order valence-electron chi connectivity index (χ2n) is 14.6. The van der Waals surface area contributed by atoms with E-state index in [2.05, 4.69) is 24.5 Å². The van der Waals surface area contributed by atoms with E-state index >= 15 is 0 Å². The van der Waals surface area contributed by atoms with E-state index in [1.54, 1.807) is 42.5 Å². The molecule has 3 aliphatic rings. The molecule has 8 N–H and O–H groups in total. The zero-order chi connectivity index (χ0) is 40.8. The number of hydrogen-bond donors (Lipinski definition) is 8. The maximum atomic E-state index is 13.6. The summed E-state index contributed by atoms with van der Waals surface area (Å²) in [5.74, 6) is -2.88. The molecule has 1 aromatic rings. The van der Waals surface area contributed by atoms with Crippen molar-refractivity contribution >= 4 is 23.9 Å². The number of esters is 1. The van der Waals surface area contributed by atoms with Gasteiger partial charge in [0.05, 0.1) is 31.5 Å². The molecule has 16 heteroatoms. The van der Waals surface area contributed by atoms with Crippen LogP contribution < -0.4 is 10.6 Å². The topological polar surface area (TPSA) is 243 Å². The third-order valence-corrected chi connectivity index (χ3v) is 10.2. The fourth-order valence-corrected chi connectivity index (χ4v) is 7.00. The van der Waals surface area contributed by atoms with Crippen LogP contribution in [0.5, 0.6) is 0 Å². The van der Waals surface area contributed by atoms with E-state index < -0.39 is 91.3 Å². The van der Waals surface area contributed by atoms with Crippen LogP contribution in [-0.4, -0.2) is 142 Å². The lowest BCUT2D eigenvalue weighted by molar-refractivity contribution is -0.298. The number of carbonyl (C=O) groups is 3. The molecule has 2 aliphatic heterocycles. The molecule has 10 atom stereocenters. The monoisotopic (exact) mass is 792 g/mol. The number of fused-ring (bicyclic) bond motifs is 1. The van der Waals surface area contributed by atoms with Gasteiger partial charge in [-0.3, -0.25) is 9.59 Å². The van der Waals surface area contributed by atoms with Gasteiger partial charge in [-0.1, -0.05) is 63.8 Å². The maximum Gasteiger partial charge on any atom is 0.338 e. The highest BCUT2D eigenvalue weighted by molar-refractivity contribution is 5.97. The average Bonchev–Trinajstić information content (AvgIpc) is 3.56. The van der Waals surface area contributed by atoms with Gasteiger partial charge in [-0.2, -0.15) is 0 Å². The van der Waals surface area contributed by atoms with Crippen LogP contribution in [0.1, 0.15) is 94.5 Å². The minimum atomic E-state index is -1.55. The second-order valence-corrected chi connectivity index (χ2v) is 14.6. The lowest BCUT2D eigenvalue weighted by Crippen LogP contribution is -2.59. The van der Waals surface area contributed by atoms with Gasteiger partial charge in [-0.25, -0.2) is 4.79 Å². The minimum absolute atomic E-state index is 0.0358. The van der Waals surface area contributed by atoms with Crippen molar-refractivity contribution in [1.29, 1.82) is 0 Å². The number of aliphatic hydroxyl groups excluding tert-OH is 6. The van der Waals surface area contributed by atoms with Crippen molar-refractivity contribution in [2.24, 2.45) is 0 Å². The van der Waals surface area contributed by atoms with E-state index in [0.717, 1.165) is 38.5 Å². The molecule has 16 nitrogen and oxygen atoms in total. The van der Waals surface area contributed by atoms with E-state index in [1.807, 2.05) is 0 Å². The summed E-state index contributed by atoms with van der Waals surface area (Å²) in [6.45, 7) is 4.62. The van der Waals surface area contributed by atoms with E-state index in [4.69, 9.17) is 28.8 Å². The van der Waals surface area contributed by atoms with Gasteiger partial charge < -0.3 is 65.0 Å². The van der Waals surface area contributed by atoms with Gasteiger partial charge >= 0.3 is 5.97 Å². The van der Waals surface area contributed by atoms with Crippen LogP contribution in [0.4, 0.5) is 0 Å². The number of unbranched alkanes of at least 4 members (excludes halogenated alkanes) is 4. The van der Waals surface area contributed by atoms with E-state index in [0.29, 0.717) is 18.4 Å². The van der Waals surface area contributed by atoms with Gasteiger partial charge in [0.1, 0.15) is 48.8 Å². The molecule has 0 aromatic heterocycles. The lowest BCUT2D eigenvalue weighted by atomic mass is 9.91. The highest BCUT2D eigenvalue weighted by atomic mass is 16.8. The summed E-state index contributed by atoms with van der Waals surface area (Å²) >= 11 is 0. The molecule has 0 unspecified atom stereocenters. The summed E-state index contributed by atoms with van der Waals surface area (Å²) in [5, 5.41) is 63.9. The molecule has 2 heterocycles. The molecular weight excluding hydrogens is 732 g/mol. The first-order chi connectivity index (χ1) is 26.9. The normalized spacial score (nSPS) is 28.3. The van der Waals surface area contributed by atoms with E-state index in [-0.39, 0.29) is 37.3 Å². The molecule has 0 spiro atoms. The molecule has 0 bridgehead atoms. The number of ether oxygens (including phenoxy) is 5. The fraction of sp³-hybridized carbons (Fsp3) is 0.675. The van der Waals surface area contributed by atoms with Gasteiger partial charge in [0, 0.05) is 31.4 Å². The highest BCUT2D eigenvalue weighted by Crippen LogP contribution is 2.43. The Hall–Kier alpha value is -3.29. The summed E-state index contributed by atoms with van der Waals surface area (Å²) in [4.78, 5) is 40.0. The molecule has 0 radical (unpaired) electrons. The third kappa shape index (κ3) is 12.1. The zero-order valence-electron chi connectivity index (χ0n) is 32.5. The maximum absolute atomic E-state index is 13.6. The van der Waals surface area contributed by atoms with E-state index in [1.165, 1.54) is 6.92 Å². The van der Waals surface area contributed by atoms with Crippen molar-refractivity contribution in [3.05, 3.63) is 53.1 Å². The molecule has 1 aromatic carbocycles. The molecule has 1 aliphatic carbocycles. The number of hydrogen-bond acceptors (Lipinski definition) is 14. The van der Waals surface area contributed by atoms with Crippen LogP contribution in [0.15, 0.2) is 42.0 Å². The van der Waals surface area contributed by atoms with Gasteiger partial charge in [-0.05, 0) is 43.5 Å². The van der Waals surface area contributed by atoms with Gasteiger partial charge in [0.15, 0.2) is 12.1 Å². The number of carbonyl (C=O) groups excluding carboxylic acids is 3. The van der Waals surface area contributed by atoms with Crippen LogP contribution in [0.2, 0.25) is 0 Å². The van der Waals surface area contributed by atoms with Crippen molar-refractivity contribution in [1.82, 2.24) is 10.6 Å². The Balaban J connectivity index is 1.47. The Bertz CT molecular complexity index is 1460. The van der Waals surface area contributed by atoms with Crippen molar-refractivity contribution in [3.8, 4) is 0 Å². The standard InChI is InChI=1S/C40H60N2O14/c1-4-6-8-16-40(17-9-7-5-2)55-29-22-27(36(49)42-31(24(3)45)37(50)41-18-19-43)21-28(35(29)56-40)53-38(51)26-14-12-25(13-15-26)11-10-20-52-39-34(48)33(47)32(46)30(23-44)54-39/h10-15,22,24,28-35,39,43-48H,4-9,16-21,23H2,1-3H3,(H,41,50)(H,42,49)/t24-,28+,29+,30+,31+,32-,33-,34+,35-,39-/m0/s1. The zero-order valence-corrected chi connectivity index (χ0v) is 32.5. The molecule has 4 rings (SSSR count). The quantitative estimate of drug-likeness (QED) is 0.0640. The Morgan fingerprint density at radius 1 is 0.964 bits per heavy atom. The number of rotatable bonds is 21. The van der Waals surface area contributed by atoms with Crippen molar-refractivity contribution in [2.45, 2.75) is 146 Å². The molecule has 56 heavy (non-hydrogen) atoms. The van der Waals surface area contributed by atoms with Crippen molar-refractivity contribution in [3.63, 3.8) is 0 Å². The minimum Gasteiger partial charge on any atom is -0.456 e. The molecule has 0 saturated carbocycles. The van der Waals surface area contributed by atoms with Gasteiger partial charge in [0.2, 0.25) is 11.8 Å². The molecule has 2 saturated heterocycles. The van der Waals surface area contributed by atoms with Gasteiger partial charge in [-0.15, -0.1) is 0 Å². The number of aliphatic hydroxyl groups is 6. The van der Waals surface area contributed by atoms with Crippen LogP contribution in [0.25, 0.3) is 6.08 Å². The first kappa shape index (κ1) is 45.4. The summed E-state index contributed by atoms with van der Waals surface area (Å²) < 4.78 is 30.2. The summed E-state index contributed by atoms with van der Waals surface area (Å²) in [6.07, 6.45) is 1.39. The van der Waals surface area contributed by atoms with Crippen LogP contribution >= 0.6 is 0 Å². The highest BCUT2D eigenvalue weighted by Gasteiger charge is 2.52. The predicted octanol–water partition coefficient (Wildman–Crippen LogP) is 0.987. The SMILES string of the molecule is CCCCCC1(CCCCC)O[C@@H]2[C@@H](C=C(C(=O)N[C@@H](C(=O)NCCO)[C@H](C)O)C[C@H]2OC(=O)c2ccc(C=CCO[C@H]3O[C@H](CO)[C@H](O)[C@H](O)[C@H]3O)cc2)O1. The van der Waals surface area contributed by atoms with Crippen molar-refractivity contribution < 1.29 is 68.7 Å². The van der Waals surface area contributed by atoms with Crippen LogP contribution in [-0.2, 0) is 33.3 Å². The fourth-order valence-electron chi connectivity index (χ4n) is 7.00. The van der Waals surface area contributed by atoms with E-state index in [9.17, 15) is 39.9 Å². The summed E-state index contributed by atoms with van der Waals surface area (Å²) in [6, 6.07) is 5.22. The first-order valence-electron chi connectivity index (χ1n) is 19.7. The average molecular weight is 793 g/mol. The number of benzene rings is 1. The lowest BCUT2D eigenvalue weighted by Gasteiger charge is -2.39. The Kier molecular flexibility index (Phi) is 17.9. The Morgan fingerprint density at radius 2 is 1.64 bits per heavy atom. The van der Waals surface area contributed by atoms with Crippen LogP contribution in [0, 0.1) is 0 Å². The Labute approximate surface area is 327 Å². The molecular formula is C40H60N2O14. The van der Waals surface area contributed by atoms with Crippen LogP contribution in [0.3, 0.4) is 0 Å². The Morgan fingerprint density at radius 3 is 2.25 bits per heavy atom. The largest absolute Gasteiger partial charge is 0.456 e. The predicted molar refractivity (Wildman–Crippen MR) is 202 cm³/mol. The summed E-state index contributed by atoms with van der Waals surface area (Å²) in [5.41, 5.74) is 1.14. The van der Waals surface area contributed by atoms with Crippen molar-refractivity contribution in [2.75, 3.05) is 26.4 Å². The molecule has 314 valence electrons.